The molecule has 1 heterocycles. The number of nitrogens with one attached hydrogen (secondary N) is 1. The molecule has 1 aromatic rings. The van der Waals surface area contributed by atoms with Crippen LogP contribution in [0.1, 0.15) is 13.8 Å². The van der Waals surface area contributed by atoms with Gasteiger partial charge in [-0.15, -0.1) is 0 Å². The molecule has 1 aromatic carbocycles. The SMILES string of the molecule is CC1=CC(=O)C(C)C2=C1Nc1ccccc1S2. The summed E-state index contributed by atoms with van der Waals surface area (Å²) in [4.78, 5) is 14.2. The quantitative estimate of drug-likeness (QED) is 0.755. The van der Waals surface area contributed by atoms with E-state index in [1.165, 1.54) is 4.90 Å². The number of carbonyl (C=O) groups is 1. The first-order valence-corrected chi connectivity index (χ1v) is 6.49. The third kappa shape index (κ3) is 1.62. The zero-order chi connectivity index (χ0) is 12.0. The van der Waals surface area contributed by atoms with Gasteiger partial charge in [-0.3, -0.25) is 4.79 Å². The first kappa shape index (κ1) is 10.7. The van der Waals surface area contributed by atoms with Crippen LogP contribution in [-0.4, -0.2) is 5.78 Å². The second-order valence-electron chi connectivity index (χ2n) is 4.41. The summed E-state index contributed by atoms with van der Waals surface area (Å²) in [5.74, 6) is 0.175. The molecule has 2 nitrogen and oxygen atoms in total. The average Bonchev–Trinajstić information content (AvgIpc) is 2.34. The van der Waals surface area contributed by atoms with Gasteiger partial charge in [0.1, 0.15) is 0 Å². The number of anilines is 1. The van der Waals surface area contributed by atoms with E-state index in [0.29, 0.717) is 0 Å². The molecule has 0 fully saturated rings. The van der Waals surface area contributed by atoms with Gasteiger partial charge < -0.3 is 5.32 Å². The van der Waals surface area contributed by atoms with E-state index in [-0.39, 0.29) is 11.7 Å². The van der Waals surface area contributed by atoms with Gasteiger partial charge in [0, 0.05) is 9.80 Å². The van der Waals surface area contributed by atoms with Crippen LogP contribution in [0.2, 0.25) is 0 Å². The van der Waals surface area contributed by atoms with Gasteiger partial charge in [-0.1, -0.05) is 30.8 Å². The third-order valence-corrected chi connectivity index (χ3v) is 4.54. The molecule has 1 aliphatic heterocycles. The monoisotopic (exact) mass is 243 g/mol. The average molecular weight is 243 g/mol. The highest BCUT2D eigenvalue weighted by Crippen LogP contribution is 2.46. The zero-order valence-corrected chi connectivity index (χ0v) is 10.6. The summed E-state index contributed by atoms with van der Waals surface area (Å²) < 4.78 is 0. The lowest BCUT2D eigenvalue weighted by Crippen LogP contribution is -2.22. The van der Waals surface area contributed by atoms with Crippen molar-refractivity contribution in [3.8, 4) is 0 Å². The zero-order valence-electron chi connectivity index (χ0n) is 9.78. The minimum atomic E-state index is -0.0282. The lowest BCUT2D eigenvalue weighted by molar-refractivity contribution is -0.116. The van der Waals surface area contributed by atoms with Crippen LogP contribution in [0, 0.1) is 5.92 Å². The molecule has 0 saturated carbocycles. The summed E-state index contributed by atoms with van der Waals surface area (Å²) in [5, 5.41) is 3.44. The summed E-state index contributed by atoms with van der Waals surface area (Å²) in [6, 6.07) is 8.20. The molecule has 2 aliphatic rings. The molecule has 1 N–H and O–H groups in total. The van der Waals surface area contributed by atoms with Crippen LogP contribution in [0.4, 0.5) is 5.69 Å². The fourth-order valence-corrected chi connectivity index (χ4v) is 3.38. The van der Waals surface area contributed by atoms with Crippen molar-refractivity contribution in [2.75, 3.05) is 5.32 Å². The summed E-state index contributed by atoms with van der Waals surface area (Å²) in [5.41, 5.74) is 3.27. The Hall–Kier alpha value is -1.48. The Morgan fingerprint density at radius 1 is 1.29 bits per heavy atom. The van der Waals surface area contributed by atoms with E-state index in [1.807, 2.05) is 26.0 Å². The largest absolute Gasteiger partial charge is 0.354 e. The number of ketones is 1. The third-order valence-electron chi connectivity index (χ3n) is 3.19. The topological polar surface area (TPSA) is 29.1 Å². The number of fused-ring (bicyclic) bond motifs is 1. The van der Waals surface area contributed by atoms with Crippen molar-refractivity contribution in [3.05, 3.63) is 46.5 Å². The Morgan fingerprint density at radius 3 is 2.88 bits per heavy atom. The molecule has 0 saturated heterocycles. The van der Waals surface area contributed by atoms with Crippen molar-refractivity contribution < 1.29 is 4.79 Å². The van der Waals surface area contributed by atoms with Gasteiger partial charge in [-0.25, -0.2) is 0 Å². The first-order chi connectivity index (χ1) is 8.16. The molecule has 1 atom stereocenters. The van der Waals surface area contributed by atoms with E-state index in [2.05, 4.69) is 17.4 Å². The summed E-state index contributed by atoms with van der Waals surface area (Å²) >= 11 is 1.71. The Bertz CT molecular complexity index is 571. The highest BCUT2D eigenvalue weighted by Gasteiger charge is 2.29. The van der Waals surface area contributed by atoms with Crippen molar-refractivity contribution in [2.24, 2.45) is 5.92 Å². The number of benzene rings is 1. The number of hydrogen-bond donors (Lipinski definition) is 1. The van der Waals surface area contributed by atoms with Crippen LogP contribution in [0.5, 0.6) is 0 Å². The van der Waals surface area contributed by atoms with E-state index < -0.39 is 0 Å². The molecule has 0 aromatic heterocycles. The molecule has 0 bridgehead atoms. The second kappa shape index (κ2) is 3.77. The highest BCUT2D eigenvalue weighted by atomic mass is 32.2. The Kier molecular flexibility index (Phi) is 2.37. The predicted octanol–water partition coefficient (Wildman–Crippen LogP) is 3.58. The first-order valence-electron chi connectivity index (χ1n) is 5.67. The lowest BCUT2D eigenvalue weighted by atomic mass is 9.94. The predicted molar refractivity (Wildman–Crippen MR) is 70.9 cm³/mol. The molecule has 17 heavy (non-hydrogen) atoms. The van der Waals surface area contributed by atoms with Crippen LogP contribution in [0.15, 0.2) is 51.4 Å². The maximum absolute atomic E-state index is 11.8. The van der Waals surface area contributed by atoms with E-state index >= 15 is 0 Å². The van der Waals surface area contributed by atoms with Crippen LogP contribution in [0.3, 0.4) is 0 Å². The summed E-state index contributed by atoms with van der Waals surface area (Å²) in [7, 11) is 0. The van der Waals surface area contributed by atoms with Crippen LogP contribution < -0.4 is 5.32 Å². The molecule has 0 radical (unpaired) electrons. The van der Waals surface area contributed by atoms with E-state index in [9.17, 15) is 4.79 Å². The smallest absolute Gasteiger partial charge is 0.163 e. The number of para-hydroxylation sites is 1. The normalized spacial score (nSPS) is 22.6. The van der Waals surface area contributed by atoms with Crippen molar-refractivity contribution in [3.63, 3.8) is 0 Å². The van der Waals surface area contributed by atoms with Gasteiger partial charge in [0.15, 0.2) is 5.78 Å². The number of allylic oxidation sites excluding steroid dienone is 3. The van der Waals surface area contributed by atoms with Gasteiger partial charge in [0.25, 0.3) is 0 Å². The van der Waals surface area contributed by atoms with Crippen molar-refractivity contribution in [2.45, 2.75) is 18.7 Å². The fraction of sp³-hybridized carbons (Fsp3) is 0.214. The van der Waals surface area contributed by atoms with Crippen LogP contribution >= 0.6 is 11.8 Å². The van der Waals surface area contributed by atoms with Gasteiger partial charge in [0.05, 0.1) is 17.3 Å². The number of carbonyl (C=O) groups excluding carboxylic acids is 1. The molecular formula is C14H13NOS. The lowest BCUT2D eigenvalue weighted by Gasteiger charge is -2.29. The van der Waals surface area contributed by atoms with Crippen molar-refractivity contribution in [1.29, 1.82) is 0 Å². The van der Waals surface area contributed by atoms with Gasteiger partial charge in [-0.05, 0) is 30.7 Å². The maximum Gasteiger partial charge on any atom is 0.163 e. The van der Waals surface area contributed by atoms with Crippen molar-refractivity contribution in [1.82, 2.24) is 0 Å². The van der Waals surface area contributed by atoms with E-state index in [4.69, 9.17) is 0 Å². The molecular weight excluding hydrogens is 230 g/mol. The molecule has 86 valence electrons. The summed E-state index contributed by atoms with van der Waals surface area (Å²) in [6.07, 6.45) is 1.74. The minimum absolute atomic E-state index is 0.0282. The van der Waals surface area contributed by atoms with Crippen LogP contribution in [-0.2, 0) is 4.79 Å². The van der Waals surface area contributed by atoms with Gasteiger partial charge in [-0.2, -0.15) is 0 Å². The number of thioether (sulfide) groups is 1. The number of rotatable bonds is 0. The highest BCUT2D eigenvalue weighted by molar-refractivity contribution is 8.03. The fourth-order valence-electron chi connectivity index (χ4n) is 2.16. The second-order valence-corrected chi connectivity index (χ2v) is 5.50. The minimum Gasteiger partial charge on any atom is -0.354 e. The van der Waals surface area contributed by atoms with E-state index in [1.54, 1.807) is 17.8 Å². The molecule has 0 amide bonds. The molecule has 3 heteroatoms. The molecule has 0 spiro atoms. The van der Waals surface area contributed by atoms with E-state index in [0.717, 1.165) is 21.9 Å². The summed E-state index contributed by atoms with van der Waals surface area (Å²) in [6.45, 7) is 3.96. The Balaban J connectivity index is 2.10. The van der Waals surface area contributed by atoms with Crippen LogP contribution in [0.25, 0.3) is 0 Å². The Morgan fingerprint density at radius 2 is 2.06 bits per heavy atom. The molecule has 1 aliphatic carbocycles. The maximum atomic E-state index is 11.8. The Labute approximate surface area is 105 Å². The van der Waals surface area contributed by atoms with Gasteiger partial charge >= 0.3 is 0 Å². The molecule has 1 unspecified atom stereocenters. The standard InChI is InChI=1S/C14H13NOS/c1-8-7-11(16)9(2)14-13(8)15-10-5-3-4-6-12(10)17-14/h3-7,9,15H,1-2H3. The number of hydrogen-bond acceptors (Lipinski definition) is 3. The molecule has 3 rings (SSSR count). The van der Waals surface area contributed by atoms with Crippen molar-refractivity contribution >= 4 is 23.2 Å². The van der Waals surface area contributed by atoms with Gasteiger partial charge in [0.2, 0.25) is 0 Å².